The van der Waals surface area contributed by atoms with Crippen LogP contribution >= 0.6 is 0 Å². The molecule has 2 rings (SSSR count). The molecule has 0 bridgehead atoms. The highest BCUT2D eigenvalue weighted by Crippen LogP contribution is 2.02. The molecule has 0 atom stereocenters. The van der Waals surface area contributed by atoms with E-state index in [1.807, 2.05) is 12.3 Å². The van der Waals surface area contributed by atoms with Crippen molar-refractivity contribution in [1.29, 1.82) is 0 Å². The zero-order chi connectivity index (χ0) is 10.2. The van der Waals surface area contributed by atoms with E-state index in [4.69, 9.17) is 0 Å². The third kappa shape index (κ3) is 4.38. The number of hydrogen-bond acceptors (Lipinski definition) is 2. The fourth-order valence-electron chi connectivity index (χ4n) is 1.48. The number of aryl methyl sites for hydroxylation is 1. The molecule has 0 aromatic carbocycles. The van der Waals surface area contributed by atoms with E-state index in [9.17, 15) is 0 Å². The molecule has 0 radical (unpaired) electrons. The van der Waals surface area contributed by atoms with E-state index < -0.39 is 0 Å². The first-order valence-electron chi connectivity index (χ1n) is 5.40. The molecule has 0 aliphatic carbocycles. The van der Waals surface area contributed by atoms with Crippen molar-refractivity contribution in [2.45, 2.75) is 26.2 Å². The van der Waals surface area contributed by atoms with Crippen LogP contribution in [-0.2, 0) is 6.42 Å². The summed E-state index contributed by atoms with van der Waals surface area (Å²) in [5.74, 6) is 0. The maximum absolute atomic E-state index is 3.96. The molecule has 0 amide bonds. The third-order valence-electron chi connectivity index (χ3n) is 2.46. The van der Waals surface area contributed by atoms with Gasteiger partial charge >= 0.3 is 0 Å². The molecule has 0 N–H and O–H groups in total. The smallest absolute Gasteiger partial charge is 0.0299 e. The van der Waals surface area contributed by atoms with Gasteiger partial charge in [-0.2, -0.15) is 0 Å². The van der Waals surface area contributed by atoms with Gasteiger partial charge in [-0.15, -0.1) is 0 Å². The second kappa shape index (κ2) is 6.55. The fourth-order valence-corrected chi connectivity index (χ4v) is 1.48. The summed E-state index contributed by atoms with van der Waals surface area (Å²) in [6, 6.07) is 4.03. The molecule has 2 nitrogen and oxygen atoms in total. The van der Waals surface area contributed by atoms with Crippen LogP contribution in [0.3, 0.4) is 0 Å². The maximum Gasteiger partial charge on any atom is 0.0299 e. The first-order chi connectivity index (χ1) is 6.83. The number of nitrogens with zero attached hydrogens (tertiary/aromatic N) is 2. The summed E-state index contributed by atoms with van der Waals surface area (Å²) in [5.41, 5.74) is 1.30. The Morgan fingerprint density at radius 2 is 2.07 bits per heavy atom. The third-order valence-corrected chi connectivity index (χ3v) is 2.46. The Kier molecular flexibility index (Phi) is 5.23. The molecule has 2 heterocycles. The Morgan fingerprint density at radius 3 is 2.36 bits per heavy atom. The standard InChI is InChI=1S/C7H9N.C5H11N/c1-2-7-4-3-5-8-6-7;1-6-4-2-3-5-6/h3-6H,2H2,1H3;2-5H2,1H3. The molecule has 78 valence electrons. The lowest BCUT2D eigenvalue weighted by Gasteiger charge is -2.01. The highest BCUT2D eigenvalue weighted by Gasteiger charge is 2.03. The van der Waals surface area contributed by atoms with Crippen molar-refractivity contribution in [3.05, 3.63) is 30.1 Å². The Balaban J connectivity index is 0.000000146. The molecule has 1 fully saturated rings. The molecule has 2 heteroatoms. The van der Waals surface area contributed by atoms with Crippen molar-refractivity contribution in [3.8, 4) is 0 Å². The summed E-state index contributed by atoms with van der Waals surface area (Å²) in [7, 11) is 2.17. The highest BCUT2D eigenvalue weighted by molar-refractivity contribution is 5.07. The molecular weight excluding hydrogens is 172 g/mol. The number of pyridine rings is 1. The summed E-state index contributed by atoms with van der Waals surface area (Å²) in [4.78, 5) is 6.32. The van der Waals surface area contributed by atoms with Gasteiger partial charge in [-0.1, -0.05) is 13.0 Å². The summed E-state index contributed by atoms with van der Waals surface area (Å²) in [5, 5.41) is 0. The molecular formula is C12H20N2. The lowest BCUT2D eigenvalue weighted by molar-refractivity contribution is 0.418. The first kappa shape index (κ1) is 11.2. The minimum atomic E-state index is 1.08. The van der Waals surface area contributed by atoms with E-state index >= 15 is 0 Å². The summed E-state index contributed by atoms with van der Waals surface area (Å²) >= 11 is 0. The zero-order valence-corrected chi connectivity index (χ0v) is 9.24. The average molecular weight is 192 g/mol. The fraction of sp³-hybridized carbons (Fsp3) is 0.583. The quantitative estimate of drug-likeness (QED) is 0.679. The summed E-state index contributed by atoms with van der Waals surface area (Å²) in [6.07, 6.45) is 7.58. The van der Waals surface area contributed by atoms with Gasteiger partial charge in [0.1, 0.15) is 0 Å². The van der Waals surface area contributed by atoms with Crippen molar-refractivity contribution in [1.82, 2.24) is 9.88 Å². The largest absolute Gasteiger partial charge is 0.306 e. The van der Waals surface area contributed by atoms with Crippen LogP contribution in [0.15, 0.2) is 24.5 Å². The predicted octanol–water partition coefficient (Wildman–Crippen LogP) is 2.36. The molecule has 0 unspecified atom stereocenters. The minimum Gasteiger partial charge on any atom is -0.306 e. The van der Waals surface area contributed by atoms with Gasteiger partial charge < -0.3 is 4.90 Å². The van der Waals surface area contributed by atoms with Crippen LogP contribution in [0, 0.1) is 0 Å². The van der Waals surface area contributed by atoms with Crippen LogP contribution in [0.2, 0.25) is 0 Å². The van der Waals surface area contributed by atoms with Gasteiger partial charge in [-0.3, -0.25) is 4.98 Å². The highest BCUT2D eigenvalue weighted by atomic mass is 15.1. The maximum atomic E-state index is 3.96. The van der Waals surface area contributed by atoms with Gasteiger partial charge in [-0.05, 0) is 51.0 Å². The number of hydrogen-bond donors (Lipinski definition) is 0. The lowest BCUT2D eigenvalue weighted by Crippen LogP contribution is -2.10. The molecule has 14 heavy (non-hydrogen) atoms. The SMILES string of the molecule is CCc1cccnc1.CN1CCCC1. The van der Waals surface area contributed by atoms with Crippen LogP contribution in [0.25, 0.3) is 0 Å². The van der Waals surface area contributed by atoms with E-state index in [-0.39, 0.29) is 0 Å². The Bertz CT molecular complexity index is 227. The van der Waals surface area contributed by atoms with Crippen LogP contribution in [0.4, 0.5) is 0 Å². The van der Waals surface area contributed by atoms with Crippen molar-refractivity contribution >= 4 is 0 Å². The topological polar surface area (TPSA) is 16.1 Å². The van der Waals surface area contributed by atoms with E-state index in [1.165, 1.54) is 31.5 Å². The molecule has 0 spiro atoms. The monoisotopic (exact) mass is 192 g/mol. The van der Waals surface area contributed by atoms with E-state index in [1.54, 1.807) is 6.20 Å². The Morgan fingerprint density at radius 1 is 1.36 bits per heavy atom. The van der Waals surface area contributed by atoms with Crippen molar-refractivity contribution < 1.29 is 0 Å². The summed E-state index contributed by atoms with van der Waals surface area (Å²) in [6.45, 7) is 4.76. The second-order valence-electron chi connectivity index (χ2n) is 3.73. The van der Waals surface area contributed by atoms with Gasteiger partial charge in [0.05, 0.1) is 0 Å². The summed E-state index contributed by atoms with van der Waals surface area (Å²) < 4.78 is 0. The second-order valence-corrected chi connectivity index (χ2v) is 3.73. The molecule has 1 aromatic heterocycles. The van der Waals surface area contributed by atoms with Gasteiger partial charge in [0.2, 0.25) is 0 Å². The Hall–Kier alpha value is -0.890. The average Bonchev–Trinajstić information content (AvgIpc) is 2.71. The molecule has 1 saturated heterocycles. The van der Waals surface area contributed by atoms with E-state index in [0.29, 0.717) is 0 Å². The van der Waals surface area contributed by atoms with Gasteiger partial charge in [0.15, 0.2) is 0 Å². The minimum absolute atomic E-state index is 1.08. The molecule has 0 saturated carbocycles. The first-order valence-corrected chi connectivity index (χ1v) is 5.40. The van der Waals surface area contributed by atoms with E-state index in [2.05, 4.69) is 29.9 Å². The zero-order valence-electron chi connectivity index (χ0n) is 9.24. The molecule has 1 aliphatic rings. The van der Waals surface area contributed by atoms with Gasteiger partial charge in [-0.25, -0.2) is 0 Å². The van der Waals surface area contributed by atoms with Crippen molar-refractivity contribution in [3.63, 3.8) is 0 Å². The number of aromatic nitrogens is 1. The predicted molar refractivity (Wildman–Crippen MR) is 60.3 cm³/mol. The van der Waals surface area contributed by atoms with Gasteiger partial charge in [0.25, 0.3) is 0 Å². The Labute approximate surface area is 87.0 Å². The number of rotatable bonds is 1. The normalized spacial score (nSPS) is 16.1. The molecule has 1 aliphatic heterocycles. The van der Waals surface area contributed by atoms with Crippen molar-refractivity contribution in [2.75, 3.05) is 20.1 Å². The van der Waals surface area contributed by atoms with Crippen LogP contribution in [0.5, 0.6) is 0 Å². The van der Waals surface area contributed by atoms with Crippen LogP contribution in [0.1, 0.15) is 25.3 Å². The van der Waals surface area contributed by atoms with Gasteiger partial charge in [0, 0.05) is 12.4 Å². The van der Waals surface area contributed by atoms with E-state index in [0.717, 1.165) is 6.42 Å². The van der Waals surface area contributed by atoms with Crippen LogP contribution < -0.4 is 0 Å². The lowest BCUT2D eigenvalue weighted by atomic mass is 10.2. The molecule has 1 aromatic rings. The van der Waals surface area contributed by atoms with Crippen molar-refractivity contribution in [2.24, 2.45) is 0 Å². The van der Waals surface area contributed by atoms with Crippen LogP contribution in [-0.4, -0.2) is 30.0 Å². The number of likely N-dealkylation sites (tertiary alicyclic amines) is 1.